The molecule has 4 fully saturated rings. The van der Waals surface area contributed by atoms with Crippen LogP contribution in [0.15, 0.2) is 39.5 Å². The van der Waals surface area contributed by atoms with Gasteiger partial charge < -0.3 is 23.7 Å². The Hall–Kier alpha value is -3.66. The predicted molar refractivity (Wildman–Crippen MR) is 150 cm³/mol. The Bertz CT molecular complexity index is 1490. The number of carbonyl (C=O) groups is 2. The zero-order valence-corrected chi connectivity index (χ0v) is 23.2. The van der Waals surface area contributed by atoms with Crippen molar-refractivity contribution in [2.75, 3.05) is 46.0 Å². The molecule has 216 valence electrons. The van der Waals surface area contributed by atoms with E-state index in [4.69, 9.17) is 18.9 Å². The molecule has 3 aliphatic heterocycles. The number of benzene rings is 1. The Labute approximate surface area is 238 Å². The number of hydrogen-bond donors (Lipinski definition) is 1. The van der Waals surface area contributed by atoms with E-state index in [1.54, 1.807) is 18.2 Å². The molecule has 10 nitrogen and oxygen atoms in total. The number of hydrogen-bond acceptors (Lipinski definition) is 7. The van der Waals surface area contributed by atoms with Crippen LogP contribution in [0.3, 0.4) is 0 Å². The molecular weight excluding hydrogens is 524 g/mol. The van der Waals surface area contributed by atoms with Gasteiger partial charge in [0.2, 0.25) is 5.88 Å². The molecule has 1 N–H and O–H groups in total. The third kappa shape index (κ3) is 5.62. The first kappa shape index (κ1) is 26.3. The predicted octanol–water partition coefficient (Wildman–Crippen LogP) is 3.82. The molecule has 2 amide bonds. The number of aromatic nitrogens is 2. The number of aromatic amines is 1. The van der Waals surface area contributed by atoms with Crippen LogP contribution in [-0.4, -0.2) is 77.6 Å². The first-order chi connectivity index (χ1) is 20.0. The van der Waals surface area contributed by atoms with Gasteiger partial charge in [0.15, 0.2) is 5.58 Å². The smallest absolute Gasteiger partial charge is 0.417 e. The van der Waals surface area contributed by atoms with Gasteiger partial charge in [-0.15, -0.1) is 0 Å². The number of H-pyrrole nitrogens is 1. The standard InChI is InChI=1S/C31H36N4O6/c36-29(21-3-4-25-27(14-21)41-31(38)33-25)35-16-22-5-9-34(10-6-23(22)17-35)30(37)24-13-26(20-1-2-20)32-28(15-24)40-18-19-7-11-39-12-8-19/h3-4,13-15,19-20,22-23H,1-2,5-12,16-18H2,(H,33,38)/t22-,23?/m1/s1. The minimum atomic E-state index is -0.526. The van der Waals surface area contributed by atoms with Crippen molar-refractivity contribution < 1.29 is 23.5 Å². The molecule has 0 spiro atoms. The molecule has 3 saturated heterocycles. The second-order valence-corrected chi connectivity index (χ2v) is 12.1. The molecule has 7 rings (SSSR count). The largest absolute Gasteiger partial charge is 0.477 e. The Morgan fingerprint density at radius 1 is 0.902 bits per heavy atom. The minimum absolute atomic E-state index is 0.0411. The van der Waals surface area contributed by atoms with Crippen LogP contribution < -0.4 is 10.5 Å². The number of pyridine rings is 1. The van der Waals surface area contributed by atoms with Crippen LogP contribution in [0.5, 0.6) is 5.88 Å². The fourth-order valence-corrected chi connectivity index (χ4v) is 6.59. The molecule has 1 saturated carbocycles. The first-order valence-corrected chi connectivity index (χ1v) is 14.9. The van der Waals surface area contributed by atoms with Crippen molar-refractivity contribution in [2.24, 2.45) is 17.8 Å². The van der Waals surface area contributed by atoms with Crippen molar-refractivity contribution in [1.29, 1.82) is 0 Å². The molecule has 41 heavy (non-hydrogen) atoms. The maximum absolute atomic E-state index is 13.7. The number of rotatable bonds is 6. The van der Waals surface area contributed by atoms with Crippen molar-refractivity contribution in [3.05, 3.63) is 57.7 Å². The highest BCUT2D eigenvalue weighted by Crippen LogP contribution is 2.40. The summed E-state index contributed by atoms with van der Waals surface area (Å²) in [5, 5.41) is 0. The molecule has 2 aromatic heterocycles. The average molecular weight is 561 g/mol. The minimum Gasteiger partial charge on any atom is -0.477 e. The van der Waals surface area contributed by atoms with Gasteiger partial charge in [0, 0.05) is 68.2 Å². The number of likely N-dealkylation sites (tertiary alicyclic amines) is 2. The van der Waals surface area contributed by atoms with Crippen LogP contribution >= 0.6 is 0 Å². The van der Waals surface area contributed by atoms with Crippen LogP contribution in [-0.2, 0) is 4.74 Å². The van der Waals surface area contributed by atoms with Crippen molar-refractivity contribution >= 4 is 22.9 Å². The van der Waals surface area contributed by atoms with Crippen LogP contribution in [0, 0.1) is 17.8 Å². The highest BCUT2D eigenvalue weighted by atomic mass is 16.5. The zero-order chi connectivity index (χ0) is 27.9. The van der Waals surface area contributed by atoms with Gasteiger partial charge in [-0.05, 0) is 80.5 Å². The summed E-state index contributed by atoms with van der Waals surface area (Å²) in [6, 6.07) is 8.87. The highest BCUT2D eigenvalue weighted by Gasteiger charge is 2.38. The topological polar surface area (TPSA) is 118 Å². The van der Waals surface area contributed by atoms with Gasteiger partial charge in [0.25, 0.3) is 11.8 Å². The van der Waals surface area contributed by atoms with Gasteiger partial charge in [-0.2, -0.15) is 0 Å². The molecular formula is C31H36N4O6. The maximum atomic E-state index is 13.7. The molecule has 0 radical (unpaired) electrons. The number of nitrogens with one attached hydrogen (secondary N) is 1. The summed E-state index contributed by atoms with van der Waals surface area (Å²) in [4.78, 5) is 49.7. The van der Waals surface area contributed by atoms with E-state index < -0.39 is 5.76 Å². The van der Waals surface area contributed by atoms with Crippen LogP contribution in [0.25, 0.3) is 11.1 Å². The highest BCUT2D eigenvalue weighted by molar-refractivity contribution is 5.97. The van der Waals surface area contributed by atoms with E-state index in [-0.39, 0.29) is 11.8 Å². The lowest BCUT2D eigenvalue weighted by Crippen LogP contribution is -2.34. The van der Waals surface area contributed by atoms with E-state index in [0.717, 1.165) is 57.4 Å². The Morgan fingerprint density at radius 3 is 2.37 bits per heavy atom. The molecule has 1 unspecified atom stereocenters. The number of nitrogens with zero attached hydrogens (tertiary/aromatic N) is 3. The molecule has 10 heteroatoms. The van der Waals surface area contributed by atoms with E-state index in [1.807, 2.05) is 21.9 Å². The van der Waals surface area contributed by atoms with E-state index >= 15 is 0 Å². The Morgan fingerprint density at radius 2 is 1.63 bits per heavy atom. The monoisotopic (exact) mass is 560 g/mol. The van der Waals surface area contributed by atoms with Crippen molar-refractivity contribution in [3.8, 4) is 5.88 Å². The molecule has 1 aromatic carbocycles. The summed E-state index contributed by atoms with van der Waals surface area (Å²) in [7, 11) is 0. The van der Waals surface area contributed by atoms with E-state index in [9.17, 15) is 14.4 Å². The maximum Gasteiger partial charge on any atom is 0.417 e. The number of carbonyl (C=O) groups excluding carboxylic acids is 2. The number of ether oxygens (including phenoxy) is 2. The third-order valence-corrected chi connectivity index (χ3v) is 9.23. The van der Waals surface area contributed by atoms with Gasteiger partial charge in [0.05, 0.1) is 12.1 Å². The van der Waals surface area contributed by atoms with E-state index in [0.29, 0.717) is 84.6 Å². The van der Waals surface area contributed by atoms with Gasteiger partial charge in [-0.25, -0.2) is 9.78 Å². The molecule has 2 atom stereocenters. The molecule has 1 aliphatic carbocycles. The van der Waals surface area contributed by atoms with Gasteiger partial charge in [-0.1, -0.05) is 0 Å². The number of fused-ring (bicyclic) bond motifs is 2. The van der Waals surface area contributed by atoms with Gasteiger partial charge in [0.1, 0.15) is 0 Å². The van der Waals surface area contributed by atoms with Crippen LogP contribution in [0.2, 0.25) is 0 Å². The van der Waals surface area contributed by atoms with Crippen molar-refractivity contribution in [1.82, 2.24) is 19.8 Å². The lowest BCUT2D eigenvalue weighted by atomic mass is 9.92. The fourth-order valence-electron chi connectivity index (χ4n) is 6.59. The average Bonchev–Trinajstić information content (AvgIpc) is 3.71. The Balaban J connectivity index is 0.995. The molecule has 5 heterocycles. The summed E-state index contributed by atoms with van der Waals surface area (Å²) >= 11 is 0. The summed E-state index contributed by atoms with van der Waals surface area (Å²) in [5.74, 6) is 1.61. The molecule has 0 bridgehead atoms. The zero-order valence-electron chi connectivity index (χ0n) is 23.2. The summed E-state index contributed by atoms with van der Waals surface area (Å²) < 4.78 is 16.7. The van der Waals surface area contributed by atoms with Crippen LogP contribution in [0.4, 0.5) is 0 Å². The SMILES string of the molecule is O=C(c1cc(OCC2CCOCC2)nc(C2CC2)c1)N1CCC2CN(C(=O)c3ccc4[nH]c(=O)oc4c3)C[C@H]2CC1. The van der Waals surface area contributed by atoms with Crippen molar-refractivity contribution in [2.45, 2.75) is 44.4 Å². The first-order valence-electron chi connectivity index (χ1n) is 14.9. The second-order valence-electron chi connectivity index (χ2n) is 12.1. The second kappa shape index (κ2) is 11.0. The lowest BCUT2D eigenvalue weighted by Gasteiger charge is -2.24. The quantitative estimate of drug-likeness (QED) is 0.487. The summed E-state index contributed by atoms with van der Waals surface area (Å²) in [6.07, 6.45) is 5.93. The molecule has 3 aromatic rings. The van der Waals surface area contributed by atoms with E-state index in [2.05, 4.69) is 4.98 Å². The Kier molecular flexibility index (Phi) is 7.02. The number of oxazole rings is 1. The molecule has 4 aliphatic rings. The third-order valence-electron chi connectivity index (χ3n) is 9.23. The van der Waals surface area contributed by atoms with Gasteiger partial charge >= 0.3 is 5.76 Å². The normalized spacial score (nSPS) is 23.4. The van der Waals surface area contributed by atoms with Crippen molar-refractivity contribution in [3.63, 3.8) is 0 Å². The fraction of sp³-hybridized carbons (Fsp3) is 0.548. The van der Waals surface area contributed by atoms with Crippen LogP contribution in [0.1, 0.15) is 70.9 Å². The van der Waals surface area contributed by atoms with Gasteiger partial charge in [-0.3, -0.25) is 14.6 Å². The summed E-state index contributed by atoms with van der Waals surface area (Å²) in [6.45, 7) is 4.84. The number of amides is 2. The lowest BCUT2D eigenvalue weighted by molar-refractivity contribution is 0.0490. The summed E-state index contributed by atoms with van der Waals surface area (Å²) in [5.41, 5.74) is 3.13. The van der Waals surface area contributed by atoms with E-state index in [1.165, 1.54) is 0 Å².